The van der Waals surface area contributed by atoms with Crippen LogP contribution in [0, 0.1) is 0 Å². The summed E-state index contributed by atoms with van der Waals surface area (Å²) in [5.41, 5.74) is 3.04. The van der Waals surface area contributed by atoms with Crippen molar-refractivity contribution < 1.29 is 4.42 Å². The first kappa shape index (κ1) is 14.9. The summed E-state index contributed by atoms with van der Waals surface area (Å²) in [7, 11) is 0. The Hall–Kier alpha value is -2.00. The maximum absolute atomic E-state index is 5.92. The SMILES string of the molecule is CCN(CC)CCCNc1ccc2c(c1)oc1ccccc12. The molecule has 116 valence electrons. The maximum Gasteiger partial charge on any atom is 0.137 e. The number of hydrogen-bond acceptors (Lipinski definition) is 3. The summed E-state index contributed by atoms with van der Waals surface area (Å²) in [6.45, 7) is 8.82. The van der Waals surface area contributed by atoms with Crippen molar-refractivity contribution in [2.45, 2.75) is 20.3 Å². The Balaban J connectivity index is 1.66. The summed E-state index contributed by atoms with van der Waals surface area (Å²) in [5, 5.41) is 5.87. The van der Waals surface area contributed by atoms with E-state index in [0.29, 0.717) is 0 Å². The van der Waals surface area contributed by atoms with E-state index in [2.05, 4.69) is 54.4 Å². The number of nitrogens with one attached hydrogen (secondary N) is 1. The van der Waals surface area contributed by atoms with Crippen molar-refractivity contribution >= 4 is 27.6 Å². The summed E-state index contributed by atoms with van der Waals surface area (Å²) in [4.78, 5) is 2.45. The van der Waals surface area contributed by atoms with Crippen molar-refractivity contribution in [1.29, 1.82) is 0 Å². The minimum atomic E-state index is 0.954. The molecule has 2 aromatic carbocycles. The van der Waals surface area contributed by atoms with Gasteiger partial charge in [0.1, 0.15) is 11.2 Å². The molecule has 0 amide bonds. The van der Waals surface area contributed by atoms with Gasteiger partial charge in [0.15, 0.2) is 0 Å². The molecule has 1 aromatic heterocycles. The smallest absolute Gasteiger partial charge is 0.137 e. The Morgan fingerprint density at radius 1 is 0.955 bits per heavy atom. The average molecular weight is 296 g/mol. The molecule has 3 nitrogen and oxygen atoms in total. The highest BCUT2D eigenvalue weighted by atomic mass is 16.3. The summed E-state index contributed by atoms with van der Waals surface area (Å²) in [6, 6.07) is 14.6. The van der Waals surface area contributed by atoms with Crippen LogP contribution in [0.15, 0.2) is 46.9 Å². The predicted molar refractivity (Wildman–Crippen MR) is 94.6 cm³/mol. The molecule has 3 rings (SSSR count). The van der Waals surface area contributed by atoms with E-state index in [0.717, 1.165) is 49.5 Å². The molecule has 22 heavy (non-hydrogen) atoms. The first-order valence-electron chi connectivity index (χ1n) is 8.19. The standard InChI is InChI=1S/C19H24N2O/c1-3-21(4-2)13-7-12-20-15-10-11-17-16-8-5-6-9-18(16)22-19(17)14-15/h5-6,8-11,14,20H,3-4,7,12-13H2,1-2H3. The van der Waals surface area contributed by atoms with E-state index in [1.165, 1.54) is 10.8 Å². The molecule has 0 aliphatic heterocycles. The third kappa shape index (κ3) is 3.09. The maximum atomic E-state index is 5.92. The molecule has 0 spiro atoms. The number of rotatable bonds is 7. The topological polar surface area (TPSA) is 28.4 Å². The first-order valence-corrected chi connectivity index (χ1v) is 8.19. The van der Waals surface area contributed by atoms with E-state index >= 15 is 0 Å². The van der Waals surface area contributed by atoms with Crippen molar-refractivity contribution in [3.63, 3.8) is 0 Å². The van der Waals surface area contributed by atoms with Gasteiger partial charge in [0.25, 0.3) is 0 Å². The zero-order valence-electron chi connectivity index (χ0n) is 13.4. The van der Waals surface area contributed by atoms with E-state index in [4.69, 9.17) is 4.42 Å². The first-order chi connectivity index (χ1) is 10.8. The van der Waals surface area contributed by atoms with Crippen LogP contribution in [-0.4, -0.2) is 31.1 Å². The minimum Gasteiger partial charge on any atom is -0.456 e. The van der Waals surface area contributed by atoms with Crippen LogP contribution >= 0.6 is 0 Å². The van der Waals surface area contributed by atoms with E-state index < -0.39 is 0 Å². The van der Waals surface area contributed by atoms with Crippen molar-refractivity contribution in [3.05, 3.63) is 42.5 Å². The third-order valence-corrected chi connectivity index (χ3v) is 4.25. The van der Waals surface area contributed by atoms with Crippen molar-refractivity contribution in [1.82, 2.24) is 4.90 Å². The highest BCUT2D eigenvalue weighted by molar-refractivity contribution is 6.05. The van der Waals surface area contributed by atoms with E-state index in [1.54, 1.807) is 0 Å². The number of anilines is 1. The second-order valence-corrected chi connectivity index (χ2v) is 5.62. The molecule has 0 aliphatic rings. The zero-order chi connectivity index (χ0) is 15.4. The molecule has 0 saturated heterocycles. The van der Waals surface area contributed by atoms with Gasteiger partial charge in [-0.15, -0.1) is 0 Å². The Labute approximate surface area is 131 Å². The molecule has 0 aliphatic carbocycles. The molecular formula is C19H24N2O. The Kier molecular flexibility index (Phi) is 4.64. The quantitative estimate of drug-likeness (QED) is 0.639. The lowest BCUT2D eigenvalue weighted by Gasteiger charge is -2.17. The van der Waals surface area contributed by atoms with E-state index in [1.807, 2.05) is 12.1 Å². The van der Waals surface area contributed by atoms with Crippen molar-refractivity contribution in [2.24, 2.45) is 0 Å². The van der Waals surface area contributed by atoms with Gasteiger partial charge in [0, 0.05) is 29.1 Å². The summed E-state index contributed by atoms with van der Waals surface area (Å²) >= 11 is 0. The van der Waals surface area contributed by atoms with Gasteiger partial charge in [-0.05, 0) is 44.3 Å². The molecule has 1 N–H and O–H groups in total. The summed E-state index contributed by atoms with van der Waals surface area (Å²) < 4.78 is 5.92. The molecule has 0 bridgehead atoms. The fourth-order valence-electron chi connectivity index (χ4n) is 2.91. The third-order valence-electron chi connectivity index (χ3n) is 4.25. The monoisotopic (exact) mass is 296 g/mol. The van der Waals surface area contributed by atoms with Crippen LogP contribution in [-0.2, 0) is 0 Å². The minimum absolute atomic E-state index is 0.954. The van der Waals surface area contributed by atoms with Crippen LogP contribution in [0.25, 0.3) is 21.9 Å². The van der Waals surface area contributed by atoms with Gasteiger partial charge in [0.05, 0.1) is 0 Å². The summed E-state index contributed by atoms with van der Waals surface area (Å²) in [6.07, 6.45) is 1.15. The second kappa shape index (κ2) is 6.84. The van der Waals surface area contributed by atoms with Gasteiger partial charge < -0.3 is 14.6 Å². The van der Waals surface area contributed by atoms with Gasteiger partial charge in [-0.1, -0.05) is 32.0 Å². The van der Waals surface area contributed by atoms with Gasteiger partial charge in [-0.3, -0.25) is 0 Å². The predicted octanol–water partition coefficient (Wildman–Crippen LogP) is 4.73. The van der Waals surface area contributed by atoms with Crippen molar-refractivity contribution in [2.75, 3.05) is 31.5 Å². The number of nitrogens with zero attached hydrogens (tertiary/aromatic N) is 1. The number of para-hydroxylation sites is 1. The molecule has 0 fully saturated rings. The second-order valence-electron chi connectivity index (χ2n) is 5.62. The Morgan fingerprint density at radius 3 is 2.55 bits per heavy atom. The fourth-order valence-corrected chi connectivity index (χ4v) is 2.91. The molecule has 0 radical (unpaired) electrons. The molecule has 0 unspecified atom stereocenters. The molecule has 1 heterocycles. The number of benzene rings is 2. The normalized spacial score (nSPS) is 11.6. The van der Waals surface area contributed by atoms with Crippen LogP contribution in [0.1, 0.15) is 20.3 Å². The van der Waals surface area contributed by atoms with Crippen LogP contribution in [0.4, 0.5) is 5.69 Å². The average Bonchev–Trinajstić information content (AvgIpc) is 2.92. The molecule has 0 atom stereocenters. The van der Waals surface area contributed by atoms with Gasteiger partial charge in [-0.25, -0.2) is 0 Å². The van der Waals surface area contributed by atoms with Crippen LogP contribution in [0.3, 0.4) is 0 Å². The number of fused-ring (bicyclic) bond motifs is 3. The van der Waals surface area contributed by atoms with Gasteiger partial charge in [0.2, 0.25) is 0 Å². The molecule has 0 saturated carbocycles. The number of hydrogen-bond donors (Lipinski definition) is 1. The highest BCUT2D eigenvalue weighted by Gasteiger charge is 2.06. The lowest BCUT2D eigenvalue weighted by atomic mass is 10.1. The number of furan rings is 1. The fraction of sp³-hybridized carbons (Fsp3) is 0.368. The molecular weight excluding hydrogens is 272 g/mol. The summed E-state index contributed by atoms with van der Waals surface area (Å²) in [5.74, 6) is 0. The van der Waals surface area contributed by atoms with Gasteiger partial charge >= 0.3 is 0 Å². The van der Waals surface area contributed by atoms with Crippen LogP contribution in [0.5, 0.6) is 0 Å². The van der Waals surface area contributed by atoms with Gasteiger partial charge in [-0.2, -0.15) is 0 Å². The van der Waals surface area contributed by atoms with E-state index in [9.17, 15) is 0 Å². The van der Waals surface area contributed by atoms with Crippen LogP contribution < -0.4 is 5.32 Å². The van der Waals surface area contributed by atoms with Crippen LogP contribution in [0.2, 0.25) is 0 Å². The highest BCUT2D eigenvalue weighted by Crippen LogP contribution is 2.30. The van der Waals surface area contributed by atoms with Crippen molar-refractivity contribution in [3.8, 4) is 0 Å². The Morgan fingerprint density at radius 2 is 1.73 bits per heavy atom. The van der Waals surface area contributed by atoms with E-state index in [-0.39, 0.29) is 0 Å². The molecule has 3 heteroatoms. The molecule has 3 aromatic rings. The zero-order valence-corrected chi connectivity index (χ0v) is 13.4. The lowest BCUT2D eigenvalue weighted by molar-refractivity contribution is 0.303. The largest absolute Gasteiger partial charge is 0.456 e. The Bertz CT molecular complexity index is 743. The lowest BCUT2D eigenvalue weighted by Crippen LogP contribution is -2.25.